The number of aromatic nitrogens is 1. The summed E-state index contributed by atoms with van der Waals surface area (Å²) in [4.78, 5) is 18.0. The third-order valence-electron chi connectivity index (χ3n) is 2.65. The normalized spacial score (nSPS) is 10.2. The highest BCUT2D eigenvalue weighted by molar-refractivity contribution is 9.10. The maximum atomic E-state index is 12.4. The minimum Gasteiger partial charge on any atom is -0.508 e. The van der Waals surface area contributed by atoms with Crippen LogP contribution in [-0.4, -0.2) is 22.5 Å². The zero-order valence-electron chi connectivity index (χ0n) is 10.4. The molecule has 1 aromatic heterocycles. The van der Waals surface area contributed by atoms with E-state index in [-0.39, 0.29) is 11.7 Å². The van der Waals surface area contributed by atoms with Crippen LogP contribution in [0.15, 0.2) is 47.1 Å². The Bertz CT molecular complexity index is 584. The number of hydrogen-bond acceptors (Lipinski definition) is 3. The molecule has 1 N–H and O–H groups in total. The number of benzene rings is 1. The van der Waals surface area contributed by atoms with E-state index in [1.54, 1.807) is 47.5 Å². The number of aromatic hydroxyl groups is 1. The Kier molecular flexibility index (Phi) is 4.16. The summed E-state index contributed by atoms with van der Waals surface area (Å²) in [6.07, 6.45) is 1.59. The minimum absolute atomic E-state index is 0.132. The van der Waals surface area contributed by atoms with Crippen LogP contribution in [0, 0.1) is 0 Å². The SMILES string of the molecule is CCN(C(=O)c1ccc(Br)cn1)c1cccc(O)c1. The number of carbonyl (C=O) groups is 1. The van der Waals surface area contributed by atoms with Gasteiger partial charge in [0.1, 0.15) is 11.4 Å². The molecule has 0 bridgehead atoms. The van der Waals surface area contributed by atoms with Crippen molar-refractivity contribution >= 4 is 27.5 Å². The lowest BCUT2D eigenvalue weighted by atomic mass is 10.2. The Hall–Kier alpha value is -1.88. The quantitative estimate of drug-likeness (QED) is 0.944. The molecule has 0 aliphatic carbocycles. The summed E-state index contributed by atoms with van der Waals surface area (Å²) >= 11 is 3.28. The number of carbonyl (C=O) groups excluding carboxylic acids is 1. The van der Waals surface area contributed by atoms with Gasteiger partial charge < -0.3 is 10.0 Å². The van der Waals surface area contributed by atoms with Gasteiger partial charge in [-0.25, -0.2) is 4.98 Å². The Morgan fingerprint density at radius 2 is 2.16 bits per heavy atom. The Morgan fingerprint density at radius 3 is 2.74 bits per heavy atom. The van der Waals surface area contributed by atoms with Gasteiger partial charge >= 0.3 is 0 Å². The number of halogens is 1. The second kappa shape index (κ2) is 5.84. The highest BCUT2D eigenvalue weighted by atomic mass is 79.9. The van der Waals surface area contributed by atoms with Crippen molar-refractivity contribution in [2.75, 3.05) is 11.4 Å². The van der Waals surface area contributed by atoms with Gasteiger partial charge in [-0.3, -0.25) is 4.79 Å². The number of amides is 1. The van der Waals surface area contributed by atoms with Crippen LogP contribution in [0.25, 0.3) is 0 Å². The number of rotatable bonds is 3. The summed E-state index contributed by atoms with van der Waals surface area (Å²) in [5.41, 5.74) is 1.02. The van der Waals surface area contributed by atoms with Gasteiger partial charge in [-0.1, -0.05) is 6.07 Å². The van der Waals surface area contributed by atoms with Crippen LogP contribution < -0.4 is 4.90 Å². The van der Waals surface area contributed by atoms with Gasteiger partial charge in [0.05, 0.1) is 0 Å². The van der Waals surface area contributed by atoms with Crippen LogP contribution in [0.1, 0.15) is 17.4 Å². The number of phenolic OH excluding ortho intramolecular Hbond substituents is 1. The van der Waals surface area contributed by atoms with Crippen LogP contribution in [0.4, 0.5) is 5.69 Å². The summed E-state index contributed by atoms with van der Waals surface area (Å²) in [6.45, 7) is 2.38. The molecule has 0 fully saturated rings. The van der Waals surface area contributed by atoms with Crippen molar-refractivity contribution in [1.82, 2.24) is 4.98 Å². The second-order valence-corrected chi connectivity index (χ2v) is 4.85. The molecule has 0 radical (unpaired) electrons. The van der Waals surface area contributed by atoms with Crippen molar-refractivity contribution < 1.29 is 9.90 Å². The topological polar surface area (TPSA) is 53.4 Å². The first-order valence-corrected chi connectivity index (χ1v) is 6.63. The molecule has 0 aliphatic rings. The molecule has 2 aromatic rings. The first-order chi connectivity index (χ1) is 9.11. The van der Waals surface area contributed by atoms with Gasteiger partial charge in [0.2, 0.25) is 0 Å². The molecule has 19 heavy (non-hydrogen) atoms. The van der Waals surface area contributed by atoms with Crippen LogP contribution in [-0.2, 0) is 0 Å². The minimum atomic E-state index is -0.194. The molecule has 0 atom stereocenters. The van der Waals surface area contributed by atoms with Gasteiger partial charge in [-0.2, -0.15) is 0 Å². The molecule has 5 heteroatoms. The fraction of sp³-hybridized carbons (Fsp3) is 0.143. The zero-order chi connectivity index (χ0) is 13.8. The van der Waals surface area contributed by atoms with Crippen LogP contribution in [0.3, 0.4) is 0 Å². The first kappa shape index (κ1) is 13.5. The van der Waals surface area contributed by atoms with Gasteiger partial charge in [0.25, 0.3) is 5.91 Å². The van der Waals surface area contributed by atoms with Gasteiger partial charge in [-0.15, -0.1) is 0 Å². The molecule has 1 aromatic carbocycles. The van der Waals surface area contributed by atoms with Crippen LogP contribution >= 0.6 is 15.9 Å². The van der Waals surface area contributed by atoms with E-state index in [9.17, 15) is 9.90 Å². The number of nitrogens with zero attached hydrogens (tertiary/aromatic N) is 2. The molecule has 98 valence electrons. The first-order valence-electron chi connectivity index (χ1n) is 5.84. The number of pyridine rings is 1. The third kappa shape index (κ3) is 3.12. The highest BCUT2D eigenvalue weighted by Gasteiger charge is 2.17. The standard InChI is InChI=1S/C14H13BrN2O2/c1-2-17(11-4-3-5-12(18)8-11)14(19)13-7-6-10(15)9-16-13/h3-9,18H,2H2,1H3. The van der Waals surface area contributed by atoms with Crippen molar-refractivity contribution in [3.05, 3.63) is 52.8 Å². The smallest absolute Gasteiger partial charge is 0.276 e. The van der Waals surface area contributed by atoms with E-state index < -0.39 is 0 Å². The number of anilines is 1. The molecule has 0 unspecified atom stereocenters. The summed E-state index contributed by atoms with van der Waals surface area (Å²) < 4.78 is 0.824. The Balaban J connectivity index is 2.31. The predicted molar refractivity (Wildman–Crippen MR) is 77.4 cm³/mol. The zero-order valence-corrected chi connectivity index (χ0v) is 12.0. The molecule has 0 saturated heterocycles. The van der Waals surface area contributed by atoms with Gasteiger partial charge in [-0.05, 0) is 47.1 Å². The predicted octanol–water partition coefficient (Wildman–Crippen LogP) is 3.22. The molecule has 4 nitrogen and oxygen atoms in total. The largest absolute Gasteiger partial charge is 0.508 e. The molecule has 0 spiro atoms. The molecule has 1 amide bonds. The third-order valence-corrected chi connectivity index (χ3v) is 3.12. The maximum Gasteiger partial charge on any atom is 0.276 e. The average molecular weight is 321 g/mol. The van der Waals surface area contributed by atoms with Gasteiger partial charge in [0, 0.05) is 29.0 Å². The van der Waals surface area contributed by atoms with E-state index in [4.69, 9.17) is 0 Å². The lowest BCUT2D eigenvalue weighted by molar-refractivity contribution is 0.0983. The van der Waals surface area contributed by atoms with E-state index in [1.165, 1.54) is 0 Å². The van der Waals surface area contributed by atoms with E-state index >= 15 is 0 Å². The van der Waals surface area contributed by atoms with Crippen LogP contribution in [0.5, 0.6) is 5.75 Å². The molecular weight excluding hydrogens is 308 g/mol. The second-order valence-electron chi connectivity index (χ2n) is 3.93. The molecule has 1 heterocycles. The summed E-state index contributed by atoms with van der Waals surface area (Å²) in [6, 6.07) is 10.0. The van der Waals surface area contributed by atoms with E-state index in [2.05, 4.69) is 20.9 Å². The lowest BCUT2D eigenvalue weighted by Gasteiger charge is -2.20. The average Bonchev–Trinajstić information content (AvgIpc) is 2.40. The highest BCUT2D eigenvalue weighted by Crippen LogP contribution is 2.21. The lowest BCUT2D eigenvalue weighted by Crippen LogP contribution is -2.31. The Morgan fingerprint density at radius 1 is 1.37 bits per heavy atom. The maximum absolute atomic E-state index is 12.4. The van der Waals surface area contributed by atoms with E-state index in [0.717, 1.165) is 4.47 Å². The van der Waals surface area contributed by atoms with E-state index in [0.29, 0.717) is 17.9 Å². The van der Waals surface area contributed by atoms with Gasteiger partial charge in [0.15, 0.2) is 0 Å². The van der Waals surface area contributed by atoms with Crippen molar-refractivity contribution in [1.29, 1.82) is 0 Å². The molecular formula is C14H13BrN2O2. The fourth-order valence-corrected chi connectivity index (χ4v) is 1.98. The monoisotopic (exact) mass is 320 g/mol. The summed E-state index contributed by atoms with van der Waals surface area (Å²) in [7, 11) is 0. The molecule has 0 aliphatic heterocycles. The van der Waals surface area contributed by atoms with Crippen molar-refractivity contribution in [3.63, 3.8) is 0 Å². The molecule has 2 rings (SSSR count). The fourth-order valence-electron chi connectivity index (χ4n) is 1.74. The summed E-state index contributed by atoms with van der Waals surface area (Å²) in [5, 5.41) is 9.49. The summed E-state index contributed by atoms with van der Waals surface area (Å²) in [5.74, 6) is -0.0619. The van der Waals surface area contributed by atoms with Crippen molar-refractivity contribution in [2.45, 2.75) is 6.92 Å². The van der Waals surface area contributed by atoms with E-state index in [1.807, 2.05) is 6.92 Å². The molecule has 0 saturated carbocycles. The number of hydrogen-bond donors (Lipinski definition) is 1. The number of phenols is 1. The van der Waals surface area contributed by atoms with Crippen LogP contribution in [0.2, 0.25) is 0 Å². The Labute approximate surface area is 119 Å². The van der Waals surface area contributed by atoms with Crippen molar-refractivity contribution in [3.8, 4) is 5.75 Å². The van der Waals surface area contributed by atoms with Crippen molar-refractivity contribution in [2.24, 2.45) is 0 Å².